The van der Waals surface area contributed by atoms with Crippen LogP contribution in [0.25, 0.3) is 50.3 Å². The maximum Gasteiger partial charge on any atom is 0.134 e. The number of hydrogen-bond donors (Lipinski definition) is 0. The molecule has 0 N–H and O–H groups in total. The van der Waals surface area contributed by atoms with Gasteiger partial charge in [-0.15, -0.1) is 0 Å². The lowest BCUT2D eigenvalue weighted by Crippen LogP contribution is -2.23. The monoisotopic (exact) mass is 862 g/mol. The zero-order valence-corrected chi connectivity index (χ0v) is 37.3. The molecule has 0 aliphatic heterocycles. The van der Waals surface area contributed by atoms with Crippen LogP contribution in [0, 0.1) is 0 Å². The molecule has 3 nitrogen and oxygen atoms in total. The highest BCUT2D eigenvalue weighted by molar-refractivity contribution is 5.81. The molecule has 322 valence electrons. The van der Waals surface area contributed by atoms with E-state index in [0.29, 0.717) is 5.92 Å². The van der Waals surface area contributed by atoms with Gasteiger partial charge in [-0.25, -0.2) is 0 Å². The van der Waals surface area contributed by atoms with E-state index in [0.717, 1.165) is 59.1 Å². The molecule has 2 aliphatic rings. The molecule has 1 atom stereocenters. The van der Waals surface area contributed by atoms with E-state index in [-0.39, 0.29) is 0 Å². The van der Waals surface area contributed by atoms with Gasteiger partial charge >= 0.3 is 0 Å². The molecule has 0 fully saturated rings. The van der Waals surface area contributed by atoms with Crippen molar-refractivity contribution >= 4 is 28.3 Å². The Bertz CT molecular complexity index is 3120. The Morgan fingerprint density at radius 2 is 0.776 bits per heavy atom. The van der Waals surface area contributed by atoms with E-state index in [2.05, 4.69) is 265 Å². The van der Waals surface area contributed by atoms with Crippen LogP contribution in [-0.2, 0) is 0 Å². The van der Waals surface area contributed by atoms with Gasteiger partial charge in [-0.3, -0.25) is 0 Å². The summed E-state index contributed by atoms with van der Waals surface area (Å²) >= 11 is 0. The van der Waals surface area contributed by atoms with Gasteiger partial charge in [-0.1, -0.05) is 188 Å². The summed E-state index contributed by atoms with van der Waals surface area (Å²) in [6.45, 7) is 0. The first-order valence-electron chi connectivity index (χ1n) is 23.3. The van der Waals surface area contributed by atoms with Crippen molar-refractivity contribution in [3.05, 3.63) is 284 Å². The number of nitrogens with zero attached hydrogens (tertiary/aromatic N) is 2. The van der Waals surface area contributed by atoms with Gasteiger partial charge in [0.15, 0.2) is 0 Å². The zero-order chi connectivity index (χ0) is 44.8. The molecule has 1 unspecified atom stereocenters. The van der Waals surface area contributed by atoms with Crippen molar-refractivity contribution in [3.8, 4) is 44.7 Å². The summed E-state index contributed by atoms with van der Waals surface area (Å²) in [5.74, 6) is 2.19. The first-order chi connectivity index (χ1) is 33.2. The number of hydrogen-bond acceptors (Lipinski definition) is 3. The molecule has 2 aliphatic carbocycles. The van der Waals surface area contributed by atoms with Crippen LogP contribution in [-0.4, -0.2) is 0 Å². The lowest BCUT2D eigenvalue weighted by molar-refractivity contribution is 0.564. The van der Waals surface area contributed by atoms with Gasteiger partial charge in [0.1, 0.15) is 11.5 Å². The van der Waals surface area contributed by atoms with Crippen LogP contribution in [0.15, 0.2) is 277 Å². The lowest BCUT2D eigenvalue weighted by Gasteiger charge is -2.32. The number of rotatable bonds is 12. The highest BCUT2D eigenvalue weighted by Gasteiger charge is 2.23. The van der Waals surface area contributed by atoms with E-state index < -0.39 is 0 Å². The Labute approximate surface area is 394 Å². The fourth-order valence-corrected chi connectivity index (χ4v) is 9.41. The Hall–Kier alpha value is -8.40. The van der Waals surface area contributed by atoms with Gasteiger partial charge in [0.05, 0.1) is 0 Å². The van der Waals surface area contributed by atoms with Gasteiger partial charge < -0.3 is 14.2 Å². The summed E-state index contributed by atoms with van der Waals surface area (Å²) in [6.07, 6.45) is 14.3. The van der Waals surface area contributed by atoms with Crippen LogP contribution in [0.2, 0.25) is 0 Å². The largest absolute Gasteiger partial charge is 0.456 e. The second-order valence-electron chi connectivity index (χ2n) is 17.2. The molecule has 0 bridgehead atoms. The van der Waals surface area contributed by atoms with Gasteiger partial charge in [-0.05, 0) is 137 Å². The first kappa shape index (κ1) is 41.3. The standard InChI is InChI=1S/C64H50N2O/c1-5-13-47(14-6-1)50-21-33-57(34-22-50)65(58-35-23-51(24-36-58)48-15-7-2-8-16-48)60-39-27-53(28-40-60)54-29-41-61(42-30-54)66(59-37-25-52(26-38-59)49-17-9-3-10-18-49)62-43-31-56(32-44-62)64-46-45-63(67-64)55-19-11-4-12-20-55/h1-25,27-31,33-43,45-46,52H,26,32,44H2. The SMILES string of the molecule is C1=CC(c2ccccc2)CC=C1N(C1=CC=C(c2ccc(-c3ccccc3)o2)CC1)c1ccc(-c2ccc(N(c3ccc(-c4ccccc4)cc3)c3ccc(-c4ccccc4)cc3)cc2)cc1. The van der Waals surface area contributed by atoms with Crippen molar-refractivity contribution in [2.75, 3.05) is 9.80 Å². The summed E-state index contributed by atoms with van der Waals surface area (Å²) < 4.78 is 6.38. The van der Waals surface area contributed by atoms with Gasteiger partial charge in [0.2, 0.25) is 0 Å². The Morgan fingerprint density at radius 3 is 1.21 bits per heavy atom. The van der Waals surface area contributed by atoms with E-state index >= 15 is 0 Å². The van der Waals surface area contributed by atoms with E-state index in [1.165, 1.54) is 55.9 Å². The van der Waals surface area contributed by atoms with Crippen LogP contribution in [0.3, 0.4) is 0 Å². The molecule has 0 saturated carbocycles. The minimum absolute atomic E-state index is 0.361. The molecule has 9 aromatic rings. The number of anilines is 4. The summed E-state index contributed by atoms with van der Waals surface area (Å²) in [5, 5.41) is 0. The maximum absolute atomic E-state index is 6.38. The lowest BCUT2D eigenvalue weighted by atomic mass is 9.91. The van der Waals surface area contributed by atoms with Crippen molar-refractivity contribution in [2.24, 2.45) is 0 Å². The van der Waals surface area contributed by atoms with Crippen LogP contribution in [0.1, 0.15) is 36.5 Å². The molecular weight excluding hydrogens is 813 g/mol. The highest BCUT2D eigenvalue weighted by atomic mass is 16.3. The molecule has 3 heteroatoms. The van der Waals surface area contributed by atoms with Crippen LogP contribution >= 0.6 is 0 Å². The summed E-state index contributed by atoms with van der Waals surface area (Å²) in [6, 6.07) is 82.3. The van der Waals surface area contributed by atoms with Crippen LogP contribution in [0.4, 0.5) is 22.7 Å². The van der Waals surface area contributed by atoms with E-state index in [9.17, 15) is 0 Å². The smallest absolute Gasteiger partial charge is 0.134 e. The quantitative estimate of drug-likeness (QED) is 0.122. The van der Waals surface area contributed by atoms with Crippen molar-refractivity contribution in [1.82, 2.24) is 0 Å². The van der Waals surface area contributed by atoms with Crippen molar-refractivity contribution in [3.63, 3.8) is 0 Å². The average Bonchev–Trinajstić information content (AvgIpc) is 3.92. The minimum Gasteiger partial charge on any atom is -0.456 e. The van der Waals surface area contributed by atoms with E-state index in [1.54, 1.807) is 0 Å². The maximum atomic E-state index is 6.38. The first-order valence-corrected chi connectivity index (χ1v) is 23.3. The van der Waals surface area contributed by atoms with Crippen molar-refractivity contribution < 1.29 is 4.42 Å². The van der Waals surface area contributed by atoms with Crippen LogP contribution < -0.4 is 9.80 Å². The summed E-state index contributed by atoms with van der Waals surface area (Å²) in [7, 11) is 0. The van der Waals surface area contributed by atoms with Crippen molar-refractivity contribution in [1.29, 1.82) is 0 Å². The molecule has 0 amide bonds. The predicted octanol–water partition coefficient (Wildman–Crippen LogP) is 17.6. The normalized spacial score (nSPS) is 14.4. The summed E-state index contributed by atoms with van der Waals surface area (Å²) in [4.78, 5) is 4.79. The third-order valence-electron chi connectivity index (χ3n) is 13.0. The Balaban J connectivity index is 0.883. The molecule has 8 aromatic carbocycles. The fraction of sp³-hybridized carbons (Fsp3) is 0.0625. The molecule has 0 saturated heterocycles. The number of allylic oxidation sites excluding steroid dienone is 7. The molecule has 0 radical (unpaired) electrons. The Kier molecular flexibility index (Phi) is 11.7. The second-order valence-corrected chi connectivity index (χ2v) is 17.2. The third kappa shape index (κ3) is 9.01. The van der Waals surface area contributed by atoms with E-state index in [4.69, 9.17) is 4.42 Å². The van der Waals surface area contributed by atoms with Crippen LogP contribution in [0.5, 0.6) is 0 Å². The number of benzene rings is 8. The second kappa shape index (κ2) is 19.0. The van der Waals surface area contributed by atoms with E-state index in [1.807, 2.05) is 6.07 Å². The number of furan rings is 1. The van der Waals surface area contributed by atoms with Gasteiger partial charge in [-0.2, -0.15) is 0 Å². The molecule has 1 heterocycles. The topological polar surface area (TPSA) is 19.6 Å². The van der Waals surface area contributed by atoms with Gasteiger partial charge in [0.25, 0.3) is 0 Å². The molecule has 67 heavy (non-hydrogen) atoms. The molecule has 1 aromatic heterocycles. The Morgan fingerprint density at radius 1 is 0.358 bits per heavy atom. The minimum atomic E-state index is 0.361. The molecular formula is C64H50N2O. The summed E-state index contributed by atoms with van der Waals surface area (Å²) in [5.41, 5.74) is 17.7. The average molecular weight is 863 g/mol. The van der Waals surface area contributed by atoms with Crippen molar-refractivity contribution in [2.45, 2.75) is 25.2 Å². The third-order valence-corrected chi connectivity index (χ3v) is 13.0. The molecule has 11 rings (SSSR count). The van der Waals surface area contributed by atoms with Gasteiger partial charge in [0, 0.05) is 45.6 Å². The zero-order valence-electron chi connectivity index (χ0n) is 37.3. The fourth-order valence-electron chi connectivity index (χ4n) is 9.41. The predicted molar refractivity (Wildman–Crippen MR) is 280 cm³/mol. The highest BCUT2D eigenvalue weighted by Crippen LogP contribution is 2.40. The molecule has 0 spiro atoms.